The van der Waals surface area contributed by atoms with Gasteiger partial charge in [-0.05, 0) is 33.8 Å². The van der Waals surface area contributed by atoms with Crippen molar-refractivity contribution < 1.29 is 9.90 Å². The average molecular weight is 284 g/mol. The third kappa shape index (κ3) is 5.30. The summed E-state index contributed by atoms with van der Waals surface area (Å²) in [5.41, 5.74) is 0.382. The lowest BCUT2D eigenvalue weighted by atomic mass is 10.2. The second-order valence-corrected chi connectivity index (χ2v) is 6.20. The second-order valence-electron chi connectivity index (χ2n) is 5.21. The van der Waals surface area contributed by atoms with Crippen molar-refractivity contribution in [2.75, 3.05) is 13.1 Å². The molecule has 1 rings (SSSR count). The first kappa shape index (κ1) is 16.1. The van der Waals surface area contributed by atoms with Gasteiger partial charge in [-0.3, -0.25) is 4.90 Å². The van der Waals surface area contributed by atoms with Gasteiger partial charge < -0.3 is 10.4 Å². The smallest absolute Gasteiger partial charge is 0.336 e. The zero-order chi connectivity index (χ0) is 14.4. The topological polar surface area (TPSA) is 52.6 Å². The summed E-state index contributed by atoms with van der Waals surface area (Å²) in [6.07, 6.45) is 0. The highest BCUT2D eigenvalue weighted by molar-refractivity contribution is 7.10. The van der Waals surface area contributed by atoms with Gasteiger partial charge in [0.1, 0.15) is 0 Å². The Labute approximate surface area is 119 Å². The zero-order valence-electron chi connectivity index (χ0n) is 12.1. The van der Waals surface area contributed by atoms with Crippen LogP contribution < -0.4 is 5.32 Å². The van der Waals surface area contributed by atoms with E-state index in [1.165, 1.54) is 11.3 Å². The fourth-order valence-corrected chi connectivity index (χ4v) is 2.95. The molecule has 5 heteroatoms. The van der Waals surface area contributed by atoms with Crippen molar-refractivity contribution in [1.29, 1.82) is 0 Å². The van der Waals surface area contributed by atoms with E-state index in [1.807, 2.05) is 0 Å². The number of carboxylic acids is 1. The van der Waals surface area contributed by atoms with Crippen LogP contribution in [0.1, 0.15) is 42.9 Å². The molecule has 0 unspecified atom stereocenters. The number of thiophene rings is 1. The Kier molecular flexibility index (Phi) is 6.48. The minimum Gasteiger partial charge on any atom is -0.478 e. The molecule has 1 heterocycles. The number of carboxylic acid groups (broad SMARTS) is 1. The van der Waals surface area contributed by atoms with Crippen LogP contribution in [0.4, 0.5) is 0 Å². The van der Waals surface area contributed by atoms with E-state index in [0.29, 0.717) is 17.6 Å². The molecule has 0 radical (unpaired) electrons. The Morgan fingerprint density at radius 3 is 2.47 bits per heavy atom. The Balaban J connectivity index is 2.31. The highest BCUT2D eigenvalue weighted by atomic mass is 32.1. The summed E-state index contributed by atoms with van der Waals surface area (Å²) >= 11 is 1.49. The number of aromatic carboxylic acids is 1. The monoisotopic (exact) mass is 284 g/mol. The second kappa shape index (κ2) is 7.62. The number of carbonyl (C=O) groups is 1. The normalized spacial score (nSPS) is 11.7. The van der Waals surface area contributed by atoms with E-state index in [2.05, 4.69) is 37.9 Å². The Morgan fingerprint density at radius 2 is 2.00 bits per heavy atom. The predicted octanol–water partition coefficient (Wildman–Crippen LogP) is 2.65. The molecular formula is C14H24N2O2S. The summed E-state index contributed by atoms with van der Waals surface area (Å²) in [6, 6.07) is 2.83. The molecule has 0 atom stereocenters. The predicted molar refractivity (Wildman–Crippen MR) is 80.0 cm³/mol. The van der Waals surface area contributed by atoms with Gasteiger partial charge in [-0.25, -0.2) is 4.79 Å². The van der Waals surface area contributed by atoms with Gasteiger partial charge in [0.15, 0.2) is 0 Å². The molecule has 108 valence electrons. The molecule has 4 nitrogen and oxygen atoms in total. The number of nitrogens with zero attached hydrogens (tertiary/aromatic N) is 1. The zero-order valence-corrected chi connectivity index (χ0v) is 13.0. The van der Waals surface area contributed by atoms with Crippen molar-refractivity contribution in [3.8, 4) is 0 Å². The van der Waals surface area contributed by atoms with Crippen LogP contribution in [0.3, 0.4) is 0 Å². The summed E-state index contributed by atoms with van der Waals surface area (Å²) in [4.78, 5) is 14.3. The van der Waals surface area contributed by atoms with Gasteiger partial charge in [0.2, 0.25) is 0 Å². The lowest BCUT2D eigenvalue weighted by molar-refractivity contribution is 0.0697. The van der Waals surface area contributed by atoms with E-state index in [-0.39, 0.29) is 0 Å². The molecule has 0 aromatic carbocycles. The molecule has 1 aromatic heterocycles. The molecule has 0 amide bonds. The van der Waals surface area contributed by atoms with Crippen molar-refractivity contribution in [3.05, 3.63) is 21.9 Å². The number of hydrogen-bond donors (Lipinski definition) is 2. The van der Waals surface area contributed by atoms with Crippen LogP contribution in [0.2, 0.25) is 0 Å². The average Bonchev–Trinajstić information content (AvgIpc) is 2.76. The molecule has 0 saturated carbocycles. The van der Waals surface area contributed by atoms with Gasteiger partial charge in [-0.1, -0.05) is 0 Å². The number of hydrogen-bond acceptors (Lipinski definition) is 4. The highest BCUT2D eigenvalue weighted by Crippen LogP contribution is 2.14. The molecule has 0 spiro atoms. The van der Waals surface area contributed by atoms with Crippen molar-refractivity contribution >= 4 is 17.3 Å². The molecular weight excluding hydrogens is 260 g/mol. The lowest BCUT2D eigenvalue weighted by Gasteiger charge is -2.30. The Bertz CT molecular complexity index is 394. The van der Waals surface area contributed by atoms with Crippen molar-refractivity contribution in [3.63, 3.8) is 0 Å². The van der Waals surface area contributed by atoms with Crippen LogP contribution in [-0.4, -0.2) is 41.1 Å². The van der Waals surface area contributed by atoms with Crippen molar-refractivity contribution in [1.82, 2.24) is 10.2 Å². The summed E-state index contributed by atoms with van der Waals surface area (Å²) in [7, 11) is 0. The van der Waals surface area contributed by atoms with Crippen LogP contribution >= 0.6 is 11.3 Å². The molecule has 2 N–H and O–H groups in total. The Hall–Kier alpha value is -0.910. The first-order chi connectivity index (χ1) is 8.91. The number of nitrogens with one attached hydrogen (secondary N) is 1. The summed E-state index contributed by atoms with van der Waals surface area (Å²) in [5, 5.41) is 13.9. The fourth-order valence-electron chi connectivity index (χ4n) is 2.12. The van der Waals surface area contributed by atoms with Gasteiger partial charge in [0.25, 0.3) is 0 Å². The molecule has 0 aliphatic rings. The SMILES string of the molecule is CC(C)N(CCNCc1cc(C(=O)O)cs1)C(C)C. The van der Waals surface area contributed by atoms with E-state index in [9.17, 15) is 4.79 Å². The first-order valence-corrected chi connectivity index (χ1v) is 7.57. The highest BCUT2D eigenvalue weighted by Gasteiger charge is 2.12. The molecule has 0 bridgehead atoms. The Morgan fingerprint density at radius 1 is 1.37 bits per heavy atom. The first-order valence-electron chi connectivity index (χ1n) is 6.69. The van der Waals surface area contributed by atoms with Crippen LogP contribution in [0.15, 0.2) is 11.4 Å². The van der Waals surface area contributed by atoms with E-state index in [4.69, 9.17) is 5.11 Å². The van der Waals surface area contributed by atoms with Gasteiger partial charge >= 0.3 is 5.97 Å². The van der Waals surface area contributed by atoms with Gasteiger partial charge in [0.05, 0.1) is 5.56 Å². The maximum Gasteiger partial charge on any atom is 0.336 e. The van der Waals surface area contributed by atoms with E-state index >= 15 is 0 Å². The van der Waals surface area contributed by atoms with Crippen LogP contribution in [0, 0.1) is 0 Å². The summed E-state index contributed by atoms with van der Waals surface area (Å²) < 4.78 is 0. The third-order valence-corrected chi connectivity index (χ3v) is 4.01. The van der Waals surface area contributed by atoms with E-state index in [1.54, 1.807) is 11.4 Å². The van der Waals surface area contributed by atoms with Crippen LogP contribution in [0.25, 0.3) is 0 Å². The molecule has 0 aliphatic heterocycles. The van der Waals surface area contributed by atoms with Crippen LogP contribution in [-0.2, 0) is 6.54 Å². The third-order valence-electron chi connectivity index (χ3n) is 3.07. The molecule has 19 heavy (non-hydrogen) atoms. The van der Waals surface area contributed by atoms with E-state index in [0.717, 1.165) is 24.5 Å². The molecule has 1 aromatic rings. The fraction of sp³-hybridized carbons (Fsp3) is 0.643. The van der Waals surface area contributed by atoms with E-state index < -0.39 is 5.97 Å². The molecule has 0 saturated heterocycles. The maximum atomic E-state index is 10.8. The van der Waals surface area contributed by atoms with Crippen molar-refractivity contribution in [2.24, 2.45) is 0 Å². The minimum atomic E-state index is -0.853. The van der Waals surface area contributed by atoms with Gasteiger partial charge in [0, 0.05) is 42.0 Å². The lowest BCUT2D eigenvalue weighted by Crippen LogP contribution is -2.41. The summed E-state index contributed by atoms with van der Waals surface area (Å²) in [5.74, 6) is -0.853. The van der Waals surface area contributed by atoms with Crippen molar-refractivity contribution in [2.45, 2.75) is 46.3 Å². The standard InChI is InChI=1S/C14H24N2O2S/c1-10(2)16(11(3)4)6-5-15-8-13-7-12(9-19-13)14(17)18/h7,9-11,15H,5-6,8H2,1-4H3,(H,17,18). The molecule has 0 aliphatic carbocycles. The maximum absolute atomic E-state index is 10.8. The largest absolute Gasteiger partial charge is 0.478 e. The quantitative estimate of drug-likeness (QED) is 0.721. The van der Waals surface area contributed by atoms with Crippen LogP contribution in [0.5, 0.6) is 0 Å². The minimum absolute atomic E-state index is 0.382. The number of rotatable bonds is 8. The molecule has 0 fully saturated rings. The summed E-state index contributed by atoms with van der Waals surface area (Å²) in [6.45, 7) is 11.5. The van der Waals surface area contributed by atoms with Gasteiger partial charge in [-0.2, -0.15) is 0 Å². The van der Waals surface area contributed by atoms with Gasteiger partial charge in [-0.15, -0.1) is 11.3 Å².